The van der Waals surface area contributed by atoms with Crippen molar-refractivity contribution in [2.75, 3.05) is 4.90 Å². The Morgan fingerprint density at radius 1 is 0.317 bits per heavy atom. The van der Waals surface area contributed by atoms with Crippen molar-refractivity contribution >= 4 is 27.8 Å². The molecule has 0 bridgehead atoms. The number of hydrogen-bond donors (Lipinski definition) is 0. The number of nitrogens with zero attached hydrogens (tertiary/aromatic N) is 1. The average Bonchev–Trinajstić information content (AvgIpc) is 3.59. The lowest BCUT2D eigenvalue weighted by Crippen LogP contribution is -2.18. The van der Waals surface area contributed by atoms with E-state index in [0.717, 1.165) is 39.7 Å². The van der Waals surface area contributed by atoms with E-state index >= 15 is 0 Å². The highest BCUT2D eigenvalue weighted by molar-refractivity contribution is 6.01. The molecule has 12 rings (SSSR count). The van der Waals surface area contributed by atoms with E-state index in [1.54, 1.807) is 0 Å². The van der Waals surface area contributed by atoms with Gasteiger partial charge in [-0.3, -0.25) is 0 Å². The fourth-order valence-corrected chi connectivity index (χ4v) is 10.5. The average molecular weight is 770 g/mol. The van der Waals surface area contributed by atoms with Crippen LogP contribution in [0, 0.1) is 0 Å². The van der Waals surface area contributed by atoms with Gasteiger partial charge in [0.05, 0.1) is 0 Å². The number of rotatable bonds is 4. The molecule has 0 aromatic heterocycles. The molecule has 9 aromatic rings. The van der Waals surface area contributed by atoms with Gasteiger partial charge in [0.2, 0.25) is 0 Å². The smallest absolute Gasteiger partial charge is 0.137 e. The number of anilines is 3. The van der Waals surface area contributed by atoms with Crippen molar-refractivity contribution in [1.82, 2.24) is 0 Å². The molecule has 1 heterocycles. The summed E-state index contributed by atoms with van der Waals surface area (Å²) >= 11 is 0. The molecule has 0 unspecified atom stereocenters. The Kier molecular flexibility index (Phi) is 7.36. The summed E-state index contributed by atoms with van der Waals surface area (Å²) < 4.78 is 7.14. The van der Waals surface area contributed by atoms with E-state index in [9.17, 15) is 0 Å². The summed E-state index contributed by atoms with van der Waals surface area (Å²) in [5, 5.41) is 2.42. The van der Waals surface area contributed by atoms with Crippen molar-refractivity contribution in [2.24, 2.45) is 0 Å². The minimum absolute atomic E-state index is 0.138. The lowest BCUT2D eigenvalue weighted by Gasteiger charge is -2.30. The van der Waals surface area contributed by atoms with Crippen molar-refractivity contribution in [3.05, 3.63) is 210 Å². The van der Waals surface area contributed by atoms with Crippen molar-refractivity contribution < 1.29 is 4.74 Å². The Labute approximate surface area is 352 Å². The lowest BCUT2D eigenvalue weighted by atomic mass is 9.82. The zero-order chi connectivity index (χ0) is 40.3. The highest BCUT2D eigenvalue weighted by Gasteiger charge is 2.38. The first-order valence-corrected chi connectivity index (χ1v) is 21.1. The summed E-state index contributed by atoms with van der Waals surface area (Å²) in [7, 11) is 0. The molecule has 1 aliphatic heterocycles. The monoisotopic (exact) mass is 769 g/mol. The van der Waals surface area contributed by atoms with Crippen LogP contribution in [-0.2, 0) is 10.8 Å². The van der Waals surface area contributed by atoms with E-state index in [1.807, 2.05) is 0 Å². The topological polar surface area (TPSA) is 12.5 Å². The van der Waals surface area contributed by atoms with Crippen LogP contribution in [0.2, 0.25) is 0 Å². The molecular weight excluding hydrogens is 727 g/mol. The maximum Gasteiger partial charge on any atom is 0.137 e. The SMILES string of the molecule is CC1(C)c2ccccc2-c2ccc(N(c3ccc4c(c3)Oc3ccc(-c5ccccc5)cc3-c3cc5ccccc5cc3-4)c3ccc4c(c3)C(C)(C)c3ccccc3-4)cc21. The number of ether oxygens (including phenoxy) is 1. The summed E-state index contributed by atoms with van der Waals surface area (Å²) in [5.74, 6) is 1.69. The van der Waals surface area contributed by atoms with Crippen LogP contribution < -0.4 is 9.64 Å². The molecule has 0 saturated carbocycles. The van der Waals surface area contributed by atoms with E-state index in [0.29, 0.717) is 0 Å². The molecule has 0 amide bonds. The molecule has 2 heteroatoms. The van der Waals surface area contributed by atoms with Gasteiger partial charge in [0.15, 0.2) is 0 Å². The Bertz CT molecular complexity index is 3140. The number of fused-ring (bicyclic) bond motifs is 12. The van der Waals surface area contributed by atoms with Crippen LogP contribution >= 0.6 is 0 Å². The third-order valence-corrected chi connectivity index (χ3v) is 13.6. The third-order valence-electron chi connectivity index (χ3n) is 13.6. The van der Waals surface area contributed by atoms with Crippen LogP contribution in [0.3, 0.4) is 0 Å². The molecule has 0 atom stereocenters. The van der Waals surface area contributed by atoms with Gasteiger partial charge >= 0.3 is 0 Å². The number of hydrogen-bond acceptors (Lipinski definition) is 2. The molecule has 9 aromatic carbocycles. The second-order valence-electron chi connectivity index (χ2n) is 17.7. The molecule has 286 valence electrons. The van der Waals surface area contributed by atoms with E-state index < -0.39 is 0 Å². The fraction of sp³-hybridized carbons (Fsp3) is 0.103. The standard InChI is InChI=1S/C58H43NO/c1-57(2)51-20-12-10-18-43(51)45-26-23-40(33-53(45)57)59(41-24-27-46-44-19-11-13-21-52(44)58(3,4)54(46)34-41)42-25-28-47-48-30-37-16-8-9-17-38(37)31-49(48)50-32-39(36-14-6-5-7-15-36)22-29-55(50)60-56(47)35-42/h5-35H,1-4H3. The van der Waals surface area contributed by atoms with Gasteiger partial charge in [0.25, 0.3) is 0 Å². The first kappa shape index (κ1) is 34.8. The largest absolute Gasteiger partial charge is 0.456 e. The molecule has 0 radical (unpaired) electrons. The molecular formula is C58H43NO. The van der Waals surface area contributed by atoms with E-state index in [2.05, 4.69) is 221 Å². The Hall–Kier alpha value is -7.16. The summed E-state index contributed by atoms with van der Waals surface area (Å²) in [6, 6.07) is 69.3. The maximum absolute atomic E-state index is 7.14. The normalized spacial score (nSPS) is 14.4. The van der Waals surface area contributed by atoms with Gasteiger partial charge in [0.1, 0.15) is 11.5 Å². The van der Waals surface area contributed by atoms with Crippen molar-refractivity contribution in [2.45, 2.75) is 38.5 Å². The van der Waals surface area contributed by atoms with Crippen LogP contribution in [-0.4, -0.2) is 0 Å². The van der Waals surface area contributed by atoms with Crippen molar-refractivity contribution in [1.29, 1.82) is 0 Å². The van der Waals surface area contributed by atoms with E-state index in [1.165, 1.54) is 77.5 Å². The highest BCUT2D eigenvalue weighted by Crippen LogP contribution is 2.55. The van der Waals surface area contributed by atoms with Crippen LogP contribution in [0.4, 0.5) is 17.1 Å². The Morgan fingerprint density at radius 3 is 1.40 bits per heavy atom. The first-order chi connectivity index (χ1) is 29.2. The van der Waals surface area contributed by atoms with Crippen LogP contribution in [0.1, 0.15) is 49.9 Å². The predicted molar refractivity (Wildman–Crippen MR) is 250 cm³/mol. The summed E-state index contributed by atoms with van der Waals surface area (Å²) in [6.45, 7) is 9.44. The van der Waals surface area contributed by atoms with Crippen LogP contribution in [0.25, 0.3) is 66.4 Å². The van der Waals surface area contributed by atoms with Gasteiger partial charge in [-0.2, -0.15) is 0 Å². The lowest BCUT2D eigenvalue weighted by molar-refractivity contribution is 0.488. The summed E-state index contributed by atoms with van der Waals surface area (Å²) in [4.78, 5) is 2.44. The van der Waals surface area contributed by atoms with Gasteiger partial charge < -0.3 is 9.64 Å². The quantitative estimate of drug-likeness (QED) is 0.177. The molecule has 3 aliphatic rings. The first-order valence-electron chi connectivity index (χ1n) is 21.1. The predicted octanol–water partition coefficient (Wildman–Crippen LogP) is 16.0. The van der Waals surface area contributed by atoms with E-state index in [4.69, 9.17) is 4.74 Å². The minimum atomic E-state index is -0.138. The molecule has 0 fully saturated rings. The molecule has 0 N–H and O–H groups in total. The Morgan fingerprint density at radius 2 is 0.800 bits per heavy atom. The summed E-state index contributed by atoms with van der Waals surface area (Å²) in [5.41, 5.74) is 20.6. The molecule has 0 saturated heterocycles. The maximum atomic E-state index is 7.14. The van der Waals surface area contributed by atoms with Crippen LogP contribution in [0.5, 0.6) is 11.5 Å². The molecule has 0 spiro atoms. The van der Waals surface area contributed by atoms with Gasteiger partial charge in [-0.25, -0.2) is 0 Å². The van der Waals surface area contributed by atoms with Crippen LogP contribution in [0.15, 0.2) is 188 Å². The van der Waals surface area contributed by atoms with Crippen molar-refractivity contribution in [3.8, 4) is 67.1 Å². The minimum Gasteiger partial charge on any atom is -0.456 e. The van der Waals surface area contributed by atoms with E-state index in [-0.39, 0.29) is 10.8 Å². The highest BCUT2D eigenvalue weighted by atomic mass is 16.5. The zero-order valence-corrected chi connectivity index (χ0v) is 34.3. The molecule has 60 heavy (non-hydrogen) atoms. The molecule has 2 nitrogen and oxygen atoms in total. The van der Waals surface area contributed by atoms with Gasteiger partial charge in [-0.1, -0.05) is 149 Å². The van der Waals surface area contributed by atoms with Gasteiger partial charge in [0, 0.05) is 45.1 Å². The Balaban J connectivity index is 1.07. The second kappa shape index (κ2) is 12.7. The third kappa shape index (κ3) is 5.07. The molecule has 2 aliphatic carbocycles. The summed E-state index contributed by atoms with van der Waals surface area (Å²) in [6.07, 6.45) is 0. The second-order valence-corrected chi connectivity index (χ2v) is 17.7. The fourth-order valence-electron chi connectivity index (χ4n) is 10.5. The zero-order valence-electron chi connectivity index (χ0n) is 34.3. The van der Waals surface area contributed by atoms with Gasteiger partial charge in [-0.05, 0) is 138 Å². The van der Waals surface area contributed by atoms with Gasteiger partial charge in [-0.15, -0.1) is 0 Å². The number of benzene rings is 9. The van der Waals surface area contributed by atoms with Crippen molar-refractivity contribution in [3.63, 3.8) is 0 Å².